The summed E-state index contributed by atoms with van der Waals surface area (Å²) >= 11 is 0. The Kier molecular flexibility index (Phi) is 4.50. The van der Waals surface area contributed by atoms with Crippen LogP contribution < -0.4 is 10.6 Å². The van der Waals surface area contributed by atoms with E-state index in [1.807, 2.05) is 0 Å². The molecular formula is C15H28N4. The van der Waals surface area contributed by atoms with Crippen LogP contribution in [0.5, 0.6) is 0 Å². The molecule has 1 aromatic rings. The molecule has 0 spiro atoms. The largest absolute Gasteiger partial charge is 0.342 e. The van der Waals surface area contributed by atoms with Gasteiger partial charge in [0.05, 0.1) is 5.69 Å². The summed E-state index contributed by atoms with van der Waals surface area (Å²) in [6, 6.07) is 0.319. The van der Waals surface area contributed by atoms with Gasteiger partial charge in [-0.3, -0.25) is 0 Å². The minimum Gasteiger partial charge on any atom is -0.342 e. The van der Waals surface area contributed by atoms with E-state index in [2.05, 4.69) is 43.4 Å². The van der Waals surface area contributed by atoms with Crippen molar-refractivity contribution in [1.82, 2.24) is 9.55 Å². The molecule has 19 heavy (non-hydrogen) atoms. The van der Waals surface area contributed by atoms with Crippen LogP contribution >= 0.6 is 0 Å². The van der Waals surface area contributed by atoms with Crippen LogP contribution in [-0.4, -0.2) is 28.7 Å². The Morgan fingerprint density at radius 1 is 1.32 bits per heavy atom. The van der Waals surface area contributed by atoms with E-state index < -0.39 is 0 Å². The minimum absolute atomic E-state index is 0.319. The van der Waals surface area contributed by atoms with Gasteiger partial charge in [-0.1, -0.05) is 13.8 Å². The van der Waals surface area contributed by atoms with E-state index in [1.165, 1.54) is 12.8 Å². The molecule has 108 valence electrons. The van der Waals surface area contributed by atoms with Crippen molar-refractivity contribution in [1.29, 1.82) is 0 Å². The molecule has 1 aliphatic heterocycles. The Balaban J connectivity index is 2.06. The van der Waals surface area contributed by atoms with Crippen LogP contribution in [0.3, 0.4) is 0 Å². The predicted octanol–water partition coefficient (Wildman–Crippen LogP) is 2.41. The third-order valence-electron chi connectivity index (χ3n) is 4.00. The molecule has 0 aliphatic carbocycles. The van der Waals surface area contributed by atoms with Crippen LogP contribution in [0, 0.1) is 18.8 Å². The van der Waals surface area contributed by atoms with Gasteiger partial charge in [-0.25, -0.2) is 4.98 Å². The monoisotopic (exact) mass is 264 g/mol. The first-order valence-electron chi connectivity index (χ1n) is 7.51. The Hall–Kier alpha value is -1.03. The van der Waals surface area contributed by atoms with E-state index in [0.29, 0.717) is 17.9 Å². The van der Waals surface area contributed by atoms with Crippen LogP contribution in [0.25, 0.3) is 0 Å². The van der Waals surface area contributed by atoms with E-state index in [0.717, 1.165) is 31.3 Å². The first-order valence-corrected chi connectivity index (χ1v) is 7.51. The number of aromatic nitrogens is 2. The van der Waals surface area contributed by atoms with Crippen molar-refractivity contribution in [2.45, 2.75) is 53.1 Å². The van der Waals surface area contributed by atoms with Crippen molar-refractivity contribution < 1.29 is 0 Å². The second kappa shape index (κ2) is 5.95. The quantitative estimate of drug-likeness (QED) is 0.908. The number of anilines is 1. The van der Waals surface area contributed by atoms with Crippen molar-refractivity contribution in [2.75, 3.05) is 18.0 Å². The maximum absolute atomic E-state index is 6.01. The van der Waals surface area contributed by atoms with E-state index in [9.17, 15) is 0 Å². The molecule has 4 heteroatoms. The summed E-state index contributed by atoms with van der Waals surface area (Å²) in [7, 11) is 0. The van der Waals surface area contributed by atoms with Gasteiger partial charge in [-0.05, 0) is 38.5 Å². The maximum atomic E-state index is 6.01. The minimum atomic E-state index is 0.319. The zero-order valence-corrected chi connectivity index (χ0v) is 12.8. The molecule has 1 fully saturated rings. The molecule has 2 N–H and O–H groups in total. The van der Waals surface area contributed by atoms with Gasteiger partial charge in [0.2, 0.25) is 5.95 Å². The van der Waals surface area contributed by atoms with Gasteiger partial charge in [0.15, 0.2) is 0 Å². The molecule has 0 amide bonds. The topological polar surface area (TPSA) is 47.1 Å². The van der Waals surface area contributed by atoms with Gasteiger partial charge in [-0.15, -0.1) is 0 Å². The number of hydrogen-bond acceptors (Lipinski definition) is 3. The van der Waals surface area contributed by atoms with Gasteiger partial charge in [0, 0.05) is 31.9 Å². The fourth-order valence-electron chi connectivity index (χ4n) is 2.94. The smallest absolute Gasteiger partial charge is 0.205 e. The zero-order valence-electron chi connectivity index (χ0n) is 12.8. The standard InChI is InChI=1S/C15H28N4/c1-11(2)9-19-10-12(3)17-15(19)18-7-5-14(6-8-18)13(4)16/h10-11,13-14H,5-9,16H2,1-4H3. The van der Waals surface area contributed by atoms with Crippen molar-refractivity contribution >= 4 is 5.95 Å². The lowest BCUT2D eigenvalue weighted by molar-refractivity contribution is 0.350. The third kappa shape index (κ3) is 3.50. The van der Waals surface area contributed by atoms with Crippen molar-refractivity contribution in [3.05, 3.63) is 11.9 Å². The highest BCUT2D eigenvalue weighted by Gasteiger charge is 2.24. The highest BCUT2D eigenvalue weighted by Crippen LogP contribution is 2.25. The first-order chi connectivity index (χ1) is 8.97. The third-order valence-corrected chi connectivity index (χ3v) is 4.00. The number of hydrogen-bond donors (Lipinski definition) is 1. The fourth-order valence-corrected chi connectivity index (χ4v) is 2.94. The number of piperidine rings is 1. The summed E-state index contributed by atoms with van der Waals surface area (Å²) in [5.74, 6) is 2.47. The Bertz CT molecular complexity index is 400. The van der Waals surface area contributed by atoms with Crippen LogP contribution in [0.15, 0.2) is 6.20 Å². The average molecular weight is 264 g/mol. The number of nitrogens with zero attached hydrogens (tertiary/aromatic N) is 3. The SMILES string of the molecule is Cc1cn(CC(C)C)c(N2CCC(C(C)N)CC2)n1. The molecular weight excluding hydrogens is 236 g/mol. The molecule has 1 atom stereocenters. The fraction of sp³-hybridized carbons (Fsp3) is 0.800. The van der Waals surface area contributed by atoms with Gasteiger partial charge < -0.3 is 15.2 Å². The molecule has 4 nitrogen and oxygen atoms in total. The second-order valence-corrected chi connectivity index (χ2v) is 6.41. The Labute approximate surface area is 117 Å². The highest BCUT2D eigenvalue weighted by atomic mass is 15.3. The predicted molar refractivity (Wildman–Crippen MR) is 80.4 cm³/mol. The Morgan fingerprint density at radius 3 is 2.47 bits per heavy atom. The molecule has 0 aromatic carbocycles. The zero-order chi connectivity index (χ0) is 14.0. The second-order valence-electron chi connectivity index (χ2n) is 6.41. The van der Waals surface area contributed by atoms with Crippen LogP contribution in [0.4, 0.5) is 5.95 Å². The number of imidazole rings is 1. The van der Waals surface area contributed by atoms with Crippen LogP contribution in [0.2, 0.25) is 0 Å². The summed E-state index contributed by atoms with van der Waals surface area (Å²) in [5.41, 5.74) is 7.13. The molecule has 1 aromatic heterocycles. The molecule has 1 unspecified atom stereocenters. The van der Waals surface area contributed by atoms with Gasteiger partial charge in [0.25, 0.3) is 0 Å². The molecule has 1 aliphatic rings. The highest BCUT2D eigenvalue weighted by molar-refractivity contribution is 5.34. The van der Waals surface area contributed by atoms with E-state index in [1.54, 1.807) is 0 Å². The summed E-state index contributed by atoms with van der Waals surface area (Å²) in [6.45, 7) is 11.9. The molecule has 1 saturated heterocycles. The van der Waals surface area contributed by atoms with Crippen molar-refractivity contribution in [2.24, 2.45) is 17.6 Å². The van der Waals surface area contributed by atoms with Crippen LogP contribution in [0.1, 0.15) is 39.3 Å². The molecule has 2 rings (SSSR count). The average Bonchev–Trinajstić information content (AvgIpc) is 2.69. The number of rotatable bonds is 4. The normalized spacial score (nSPS) is 19.2. The van der Waals surface area contributed by atoms with Crippen LogP contribution in [-0.2, 0) is 6.54 Å². The van der Waals surface area contributed by atoms with Crippen molar-refractivity contribution in [3.8, 4) is 0 Å². The molecule has 0 radical (unpaired) electrons. The first kappa shape index (κ1) is 14.4. The lowest BCUT2D eigenvalue weighted by atomic mass is 9.91. The molecule has 0 saturated carbocycles. The molecule has 2 heterocycles. The summed E-state index contributed by atoms with van der Waals surface area (Å²) < 4.78 is 2.31. The van der Waals surface area contributed by atoms with Gasteiger partial charge in [0.1, 0.15) is 0 Å². The van der Waals surface area contributed by atoms with Gasteiger partial charge in [-0.2, -0.15) is 0 Å². The van der Waals surface area contributed by atoms with Crippen molar-refractivity contribution in [3.63, 3.8) is 0 Å². The maximum Gasteiger partial charge on any atom is 0.205 e. The molecule has 0 bridgehead atoms. The summed E-state index contributed by atoms with van der Waals surface area (Å²) in [6.07, 6.45) is 4.55. The summed E-state index contributed by atoms with van der Waals surface area (Å²) in [5, 5.41) is 0. The van der Waals surface area contributed by atoms with E-state index in [4.69, 9.17) is 10.7 Å². The van der Waals surface area contributed by atoms with E-state index >= 15 is 0 Å². The lowest BCUT2D eigenvalue weighted by Gasteiger charge is -2.34. The van der Waals surface area contributed by atoms with Gasteiger partial charge >= 0.3 is 0 Å². The number of aryl methyl sites for hydroxylation is 1. The van der Waals surface area contributed by atoms with E-state index in [-0.39, 0.29) is 0 Å². The summed E-state index contributed by atoms with van der Waals surface area (Å²) in [4.78, 5) is 7.14. The number of nitrogens with two attached hydrogens (primary N) is 1. The Morgan fingerprint density at radius 2 is 1.95 bits per heavy atom. The lowest BCUT2D eigenvalue weighted by Crippen LogP contribution is -2.40.